The zero-order valence-electron chi connectivity index (χ0n) is 9.63. The van der Waals surface area contributed by atoms with Gasteiger partial charge in [0.25, 0.3) is 0 Å². The third-order valence-corrected chi connectivity index (χ3v) is 3.23. The smallest absolute Gasteiger partial charge is 0.0541 e. The molecule has 1 aliphatic rings. The summed E-state index contributed by atoms with van der Waals surface area (Å²) in [6, 6.07) is 0.665. The molecule has 0 radical (unpaired) electrons. The highest BCUT2D eigenvalue weighted by Gasteiger charge is 2.18. The van der Waals surface area contributed by atoms with E-state index in [1.165, 1.54) is 12.8 Å². The molecule has 0 spiro atoms. The van der Waals surface area contributed by atoms with Gasteiger partial charge in [0, 0.05) is 6.04 Å². The van der Waals surface area contributed by atoms with Crippen LogP contribution in [0.2, 0.25) is 0 Å². The zero-order valence-corrected chi connectivity index (χ0v) is 9.63. The first kappa shape index (κ1) is 12.0. The number of hydrogen-bond acceptors (Lipinski definition) is 2. The molecule has 0 aliphatic heterocycles. The van der Waals surface area contributed by atoms with Crippen LogP contribution in [0, 0.1) is 5.92 Å². The van der Waals surface area contributed by atoms with Crippen molar-refractivity contribution in [2.24, 2.45) is 5.92 Å². The van der Waals surface area contributed by atoms with E-state index in [1.54, 1.807) is 0 Å². The molecule has 0 aromatic carbocycles. The van der Waals surface area contributed by atoms with E-state index in [2.05, 4.69) is 19.2 Å². The van der Waals surface area contributed by atoms with Crippen molar-refractivity contribution in [3.63, 3.8) is 0 Å². The number of aliphatic hydroxyl groups excluding tert-OH is 1. The van der Waals surface area contributed by atoms with Gasteiger partial charge in [-0.05, 0) is 44.6 Å². The fraction of sp³-hybridized carbons (Fsp3) is 1.00. The largest absolute Gasteiger partial charge is 0.393 e. The second kappa shape index (κ2) is 6.41. The molecule has 14 heavy (non-hydrogen) atoms. The van der Waals surface area contributed by atoms with Crippen molar-refractivity contribution in [3.05, 3.63) is 0 Å². The Labute approximate surface area is 88.1 Å². The van der Waals surface area contributed by atoms with Crippen molar-refractivity contribution in [1.82, 2.24) is 5.32 Å². The van der Waals surface area contributed by atoms with E-state index < -0.39 is 0 Å². The number of hydrogen-bond donors (Lipinski definition) is 2. The standard InChI is InChI=1S/C12H25NO/c1-3-4-10(2)9-13-11-5-7-12(14)8-6-11/h10-14H,3-9H2,1-2H3. The van der Waals surface area contributed by atoms with Crippen molar-refractivity contribution < 1.29 is 5.11 Å². The van der Waals surface area contributed by atoms with Gasteiger partial charge in [-0.25, -0.2) is 0 Å². The van der Waals surface area contributed by atoms with Gasteiger partial charge in [-0.15, -0.1) is 0 Å². The molecular formula is C12H25NO. The molecule has 1 aliphatic carbocycles. The van der Waals surface area contributed by atoms with E-state index in [9.17, 15) is 5.11 Å². The minimum Gasteiger partial charge on any atom is -0.393 e. The van der Waals surface area contributed by atoms with Crippen LogP contribution in [-0.4, -0.2) is 23.8 Å². The van der Waals surface area contributed by atoms with Gasteiger partial charge in [-0.2, -0.15) is 0 Å². The molecule has 0 amide bonds. The van der Waals surface area contributed by atoms with Gasteiger partial charge in [-0.3, -0.25) is 0 Å². The Morgan fingerprint density at radius 2 is 1.93 bits per heavy atom. The predicted molar refractivity (Wildman–Crippen MR) is 60.3 cm³/mol. The lowest BCUT2D eigenvalue weighted by Crippen LogP contribution is -2.36. The Kier molecular flexibility index (Phi) is 5.49. The van der Waals surface area contributed by atoms with Gasteiger partial charge >= 0.3 is 0 Å². The summed E-state index contributed by atoms with van der Waals surface area (Å²) in [6.07, 6.45) is 6.86. The second-order valence-electron chi connectivity index (χ2n) is 4.81. The monoisotopic (exact) mass is 199 g/mol. The van der Waals surface area contributed by atoms with Gasteiger partial charge in [0.2, 0.25) is 0 Å². The number of nitrogens with one attached hydrogen (secondary N) is 1. The molecule has 1 fully saturated rings. The lowest BCUT2D eigenvalue weighted by molar-refractivity contribution is 0.116. The summed E-state index contributed by atoms with van der Waals surface area (Å²) < 4.78 is 0. The first-order valence-corrected chi connectivity index (χ1v) is 6.13. The van der Waals surface area contributed by atoms with E-state index in [0.29, 0.717) is 6.04 Å². The zero-order chi connectivity index (χ0) is 10.4. The third-order valence-electron chi connectivity index (χ3n) is 3.23. The fourth-order valence-corrected chi connectivity index (χ4v) is 2.24. The van der Waals surface area contributed by atoms with Gasteiger partial charge < -0.3 is 10.4 Å². The van der Waals surface area contributed by atoms with E-state index in [1.807, 2.05) is 0 Å². The maximum atomic E-state index is 9.36. The van der Waals surface area contributed by atoms with Crippen LogP contribution in [0.25, 0.3) is 0 Å². The molecule has 1 atom stereocenters. The van der Waals surface area contributed by atoms with Gasteiger partial charge in [0.1, 0.15) is 0 Å². The first-order valence-electron chi connectivity index (χ1n) is 6.13. The average molecular weight is 199 g/mol. The summed E-state index contributed by atoms with van der Waals surface area (Å²) in [4.78, 5) is 0. The molecule has 0 saturated heterocycles. The number of aliphatic hydroxyl groups is 1. The minimum atomic E-state index is -0.0267. The SMILES string of the molecule is CCCC(C)CNC1CCC(O)CC1. The number of rotatable bonds is 5. The lowest BCUT2D eigenvalue weighted by Gasteiger charge is -2.27. The van der Waals surface area contributed by atoms with Crippen LogP contribution in [0.5, 0.6) is 0 Å². The normalized spacial score (nSPS) is 30.2. The van der Waals surface area contributed by atoms with Crippen LogP contribution in [0.1, 0.15) is 52.4 Å². The lowest BCUT2D eigenvalue weighted by atomic mass is 9.92. The van der Waals surface area contributed by atoms with Crippen molar-refractivity contribution in [1.29, 1.82) is 0 Å². The summed E-state index contributed by atoms with van der Waals surface area (Å²) in [7, 11) is 0. The van der Waals surface area contributed by atoms with Gasteiger partial charge in [0.05, 0.1) is 6.10 Å². The third kappa shape index (κ3) is 4.43. The quantitative estimate of drug-likeness (QED) is 0.712. The van der Waals surface area contributed by atoms with Crippen LogP contribution in [0.4, 0.5) is 0 Å². The molecule has 0 heterocycles. The van der Waals surface area contributed by atoms with E-state index >= 15 is 0 Å². The first-order chi connectivity index (χ1) is 6.72. The summed E-state index contributed by atoms with van der Waals surface area (Å²) in [5.41, 5.74) is 0. The van der Waals surface area contributed by atoms with E-state index in [4.69, 9.17) is 0 Å². The minimum absolute atomic E-state index is 0.0267. The Balaban J connectivity index is 2.06. The highest BCUT2D eigenvalue weighted by molar-refractivity contribution is 4.76. The molecule has 2 heteroatoms. The second-order valence-corrected chi connectivity index (χ2v) is 4.81. The summed E-state index contributed by atoms with van der Waals surface area (Å²) in [5, 5.41) is 13.0. The molecule has 1 saturated carbocycles. The molecular weight excluding hydrogens is 174 g/mol. The Morgan fingerprint density at radius 1 is 1.29 bits per heavy atom. The maximum absolute atomic E-state index is 9.36. The van der Waals surface area contributed by atoms with Gasteiger partial charge in [0.15, 0.2) is 0 Å². The van der Waals surface area contributed by atoms with Crippen molar-refractivity contribution in [2.45, 2.75) is 64.5 Å². The Morgan fingerprint density at radius 3 is 2.50 bits per heavy atom. The molecule has 1 rings (SSSR count). The van der Waals surface area contributed by atoms with Crippen molar-refractivity contribution >= 4 is 0 Å². The molecule has 1 unspecified atom stereocenters. The van der Waals surface area contributed by atoms with Crippen molar-refractivity contribution in [2.75, 3.05) is 6.54 Å². The van der Waals surface area contributed by atoms with E-state index in [-0.39, 0.29) is 6.10 Å². The van der Waals surface area contributed by atoms with Crippen LogP contribution in [-0.2, 0) is 0 Å². The maximum Gasteiger partial charge on any atom is 0.0541 e. The van der Waals surface area contributed by atoms with Crippen molar-refractivity contribution in [3.8, 4) is 0 Å². The van der Waals surface area contributed by atoms with Crippen LogP contribution >= 0.6 is 0 Å². The Bertz CT molecular complexity index is 141. The summed E-state index contributed by atoms with van der Waals surface area (Å²) in [6.45, 7) is 5.70. The molecule has 2 nitrogen and oxygen atoms in total. The van der Waals surface area contributed by atoms with Crippen LogP contribution in [0.3, 0.4) is 0 Å². The predicted octanol–water partition coefficient (Wildman–Crippen LogP) is 2.32. The van der Waals surface area contributed by atoms with E-state index in [0.717, 1.165) is 38.1 Å². The fourth-order valence-electron chi connectivity index (χ4n) is 2.24. The molecule has 0 aromatic rings. The van der Waals surface area contributed by atoms with Gasteiger partial charge in [-0.1, -0.05) is 20.3 Å². The molecule has 84 valence electrons. The topological polar surface area (TPSA) is 32.3 Å². The molecule has 2 N–H and O–H groups in total. The van der Waals surface area contributed by atoms with Crippen LogP contribution < -0.4 is 5.32 Å². The summed E-state index contributed by atoms with van der Waals surface area (Å²) >= 11 is 0. The molecule has 0 aromatic heterocycles. The van der Waals surface area contributed by atoms with Crippen LogP contribution in [0.15, 0.2) is 0 Å². The average Bonchev–Trinajstić information content (AvgIpc) is 2.17. The Hall–Kier alpha value is -0.0800. The molecule has 0 bridgehead atoms. The highest BCUT2D eigenvalue weighted by atomic mass is 16.3. The highest BCUT2D eigenvalue weighted by Crippen LogP contribution is 2.18. The summed E-state index contributed by atoms with van der Waals surface area (Å²) in [5.74, 6) is 0.798.